The molecule has 0 aliphatic heterocycles. The van der Waals surface area contributed by atoms with Crippen LogP contribution in [0.5, 0.6) is 0 Å². The summed E-state index contributed by atoms with van der Waals surface area (Å²) in [5, 5.41) is 0. The Bertz CT molecular complexity index is 922. The molecule has 0 saturated heterocycles. The molecular formula is C32H55O6Ru. The van der Waals surface area contributed by atoms with E-state index in [0.29, 0.717) is 17.3 Å². The summed E-state index contributed by atoms with van der Waals surface area (Å²) in [7, 11) is 0. The summed E-state index contributed by atoms with van der Waals surface area (Å²) in [4.78, 5) is 38.7. The van der Waals surface area contributed by atoms with Crippen molar-refractivity contribution in [2.75, 3.05) is 0 Å². The summed E-state index contributed by atoms with van der Waals surface area (Å²) in [5.41, 5.74) is -2.80. The molecular weight excluding hydrogens is 581 g/mol. The van der Waals surface area contributed by atoms with Crippen molar-refractivity contribution in [3.63, 3.8) is 0 Å². The fraction of sp³-hybridized carbons (Fsp3) is 0.719. The summed E-state index contributed by atoms with van der Waals surface area (Å²) < 4.78 is 19.4. The van der Waals surface area contributed by atoms with Crippen LogP contribution < -0.4 is 0 Å². The van der Waals surface area contributed by atoms with Gasteiger partial charge in [-0.15, -0.1) is 0 Å². The van der Waals surface area contributed by atoms with Crippen LogP contribution in [0.4, 0.5) is 0 Å². The van der Waals surface area contributed by atoms with Crippen LogP contribution in [0.25, 0.3) is 0 Å². The van der Waals surface area contributed by atoms with Gasteiger partial charge in [-0.05, 0) is 0 Å². The van der Waals surface area contributed by atoms with E-state index in [1.807, 2.05) is 118 Å². The second kappa shape index (κ2) is 13.3. The molecule has 0 atom stereocenters. The molecule has 7 heteroatoms. The van der Waals surface area contributed by atoms with Gasteiger partial charge in [0.25, 0.3) is 0 Å². The summed E-state index contributed by atoms with van der Waals surface area (Å²) in [6.45, 7) is 32.3. The maximum atomic E-state index is 13.0. The Morgan fingerprint density at radius 3 is 0.949 bits per heavy atom. The van der Waals surface area contributed by atoms with Crippen molar-refractivity contribution >= 4 is 17.3 Å². The average molecular weight is 637 g/mol. The van der Waals surface area contributed by atoms with Crippen molar-refractivity contribution in [2.45, 2.75) is 118 Å². The van der Waals surface area contributed by atoms with Gasteiger partial charge in [-0.2, -0.15) is 0 Å². The summed E-state index contributed by atoms with van der Waals surface area (Å²) >= 11 is -3.24. The second-order valence-corrected chi connectivity index (χ2v) is 17.4. The third-order valence-electron chi connectivity index (χ3n) is 5.47. The van der Waals surface area contributed by atoms with E-state index in [0.717, 1.165) is 0 Å². The molecule has 227 valence electrons. The van der Waals surface area contributed by atoms with Crippen molar-refractivity contribution in [3.05, 3.63) is 35.5 Å². The molecule has 0 rings (SSSR count). The first-order valence-electron chi connectivity index (χ1n) is 13.6. The molecule has 0 spiro atoms. The topological polar surface area (TPSA) is 78.9 Å². The average Bonchev–Trinajstić information content (AvgIpc) is 2.67. The Morgan fingerprint density at radius 1 is 0.487 bits per heavy atom. The molecule has 0 fully saturated rings. The van der Waals surface area contributed by atoms with Gasteiger partial charge >= 0.3 is 246 Å². The van der Waals surface area contributed by atoms with Gasteiger partial charge in [0.15, 0.2) is 0 Å². The van der Waals surface area contributed by atoms with Crippen molar-refractivity contribution in [2.24, 2.45) is 33.0 Å². The zero-order valence-electron chi connectivity index (χ0n) is 27.6. The quantitative estimate of drug-likeness (QED) is 0.136. The van der Waals surface area contributed by atoms with Crippen molar-refractivity contribution in [1.29, 1.82) is 0 Å². The Kier molecular flexibility index (Phi) is 12.7. The molecule has 0 aromatic rings. The molecule has 0 aromatic carbocycles. The first-order chi connectivity index (χ1) is 17.1. The molecule has 0 heterocycles. The van der Waals surface area contributed by atoms with Crippen molar-refractivity contribution in [3.8, 4) is 0 Å². The van der Waals surface area contributed by atoms with Crippen LogP contribution in [0.15, 0.2) is 35.5 Å². The number of rotatable bonds is 10. The standard InChI is InChI=1S/2C11H20O2.C10H18O2.Ru/c2*1-10(2,3)8(12)7-9(13)11(4,5)6;1-7(2)8(11)6-9(12)10(3,4)5;/h2*7,12H,1-6H3;6-7,12H,1-5H3;/q;;;+3/p-3/b2*8-7-;9-6-;. The third-order valence-corrected chi connectivity index (χ3v) is 7.49. The van der Waals surface area contributed by atoms with Gasteiger partial charge in [0, 0.05) is 0 Å². The van der Waals surface area contributed by atoms with Gasteiger partial charge in [-0.25, -0.2) is 0 Å². The molecule has 6 nitrogen and oxygen atoms in total. The van der Waals surface area contributed by atoms with Crippen LogP contribution in [0, 0.1) is 33.0 Å². The molecule has 0 amide bonds. The van der Waals surface area contributed by atoms with Gasteiger partial charge in [0.05, 0.1) is 0 Å². The van der Waals surface area contributed by atoms with E-state index in [9.17, 15) is 14.4 Å². The zero-order valence-corrected chi connectivity index (χ0v) is 29.4. The number of ketones is 3. The zero-order chi connectivity index (χ0) is 31.4. The molecule has 0 aliphatic carbocycles. The van der Waals surface area contributed by atoms with Crippen LogP contribution in [0.2, 0.25) is 0 Å². The second-order valence-electron chi connectivity index (χ2n) is 15.5. The third kappa shape index (κ3) is 13.4. The molecule has 0 radical (unpaired) electrons. The predicted octanol–water partition coefficient (Wildman–Crippen LogP) is 8.64. The van der Waals surface area contributed by atoms with Gasteiger partial charge in [0.1, 0.15) is 0 Å². The minimum absolute atomic E-state index is 0.0718. The predicted molar refractivity (Wildman–Crippen MR) is 155 cm³/mol. The van der Waals surface area contributed by atoms with Gasteiger partial charge in [0.2, 0.25) is 0 Å². The van der Waals surface area contributed by atoms with E-state index < -0.39 is 44.1 Å². The molecule has 0 unspecified atom stereocenters. The van der Waals surface area contributed by atoms with Crippen molar-refractivity contribution in [1.82, 2.24) is 0 Å². The molecule has 0 N–H and O–H groups in total. The Labute approximate surface area is 245 Å². The number of hydrogen-bond acceptors (Lipinski definition) is 6. The van der Waals surface area contributed by atoms with Crippen LogP contribution in [-0.4, -0.2) is 17.3 Å². The first-order valence-corrected chi connectivity index (χ1v) is 15.7. The van der Waals surface area contributed by atoms with Gasteiger partial charge in [-0.3, -0.25) is 0 Å². The molecule has 0 saturated carbocycles. The normalized spacial score (nSPS) is 15.2. The van der Waals surface area contributed by atoms with Crippen LogP contribution in [0.1, 0.15) is 118 Å². The SMILES string of the molecule is CC(C)C(=O)/C=C(\[O][Ru]([O]/C(=C\C(=O)C(C)(C)C)C(C)(C)C)[O]/C(=C\C(=O)C(C)(C)C)C(C)(C)C)C(C)(C)C. The van der Waals surface area contributed by atoms with Gasteiger partial charge < -0.3 is 0 Å². The van der Waals surface area contributed by atoms with E-state index in [1.165, 1.54) is 18.2 Å². The Balaban J connectivity index is 7.05. The summed E-state index contributed by atoms with van der Waals surface area (Å²) in [5.74, 6) is 0.842. The monoisotopic (exact) mass is 637 g/mol. The van der Waals surface area contributed by atoms with E-state index in [4.69, 9.17) is 10.7 Å². The van der Waals surface area contributed by atoms with Crippen LogP contribution in [0.3, 0.4) is 0 Å². The molecule has 0 aliphatic rings. The Hall–Kier alpha value is -1.75. The van der Waals surface area contributed by atoms with Crippen molar-refractivity contribution < 1.29 is 42.1 Å². The summed E-state index contributed by atoms with van der Waals surface area (Å²) in [6, 6.07) is 0. The van der Waals surface area contributed by atoms with E-state index in [-0.39, 0.29) is 23.3 Å². The molecule has 39 heavy (non-hydrogen) atoms. The molecule has 0 bridgehead atoms. The molecule has 0 aromatic heterocycles. The number of carbonyl (C=O) groups is 3. The van der Waals surface area contributed by atoms with Gasteiger partial charge in [-0.1, -0.05) is 0 Å². The van der Waals surface area contributed by atoms with E-state index >= 15 is 0 Å². The fourth-order valence-electron chi connectivity index (χ4n) is 2.24. The minimum atomic E-state index is -3.24. The van der Waals surface area contributed by atoms with Crippen LogP contribution in [-0.2, 0) is 42.1 Å². The number of carbonyl (C=O) groups excluding carboxylic acids is 3. The maximum absolute atomic E-state index is 13.0. The Morgan fingerprint density at radius 2 is 0.744 bits per heavy atom. The number of allylic oxidation sites excluding steroid dienone is 6. The first kappa shape index (κ1) is 37.3. The summed E-state index contributed by atoms with van der Waals surface area (Å²) in [6.07, 6.45) is 4.56. The van der Waals surface area contributed by atoms with E-state index in [2.05, 4.69) is 0 Å². The fourth-order valence-corrected chi connectivity index (χ4v) is 5.30. The number of hydrogen-bond donors (Lipinski definition) is 0. The van der Waals surface area contributed by atoms with E-state index in [1.54, 1.807) is 0 Å². The van der Waals surface area contributed by atoms with Crippen LogP contribution >= 0.6 is 0 Å².